The Labute approximate surface area is 118 Å². The lowest BCUT2D eigenvalue weighted by atomic mass is 10.2. The zero-order chi connectivity index (χ0) is 13.7. The summed E-state index contributed by atoms with van der Waals surface area (Å²) in [4.78, 5) is 4.32. The van der Waals surface area contributed by atoms with Crippen molar-refractivity contribution >= 4 is 11.6 Å². The van der Waals surface area contributed by atoms with Gasteiger partial charge in [0.15, 0.2) is 0 Å². The van der Waals surface area contributed by atoms with Crippen LogP contribution < -0.4 is 10.5 Å². The first-order chi connectivity index (χ1) is 9.13. The van der Waals surface area contributed by atoms with Crippen molar-refractivity contribution in [3.05, 3.63) is 58.9 Å². The summed E-state index contributed by atoms with van der Waals surface area (Å²) in [6, 6.07) is 11.6. The monoisotopic (exact) mass is 276 g/mol. The third-order valence-corrected chi connectivity index (χ3v) is 2.90. The van der Waals surface area contributed by atoms with E-state index in [0.29, 0.717) is 6.61 Å². The average molecular weight is 277 g/mol. The van der Waals surface area contributed by atoms with Crippen LogP contribution in [0.1, 0.15) is 18.2 Å². The molecule has 1 aromatic heterocycles. The normalized spacial score (nSPS) is 12.2. The molecule has 1 heterocycles. The maximum Gasteiger partial charge on any atom is 0.138 e. The minimum Gasteiger partial charge on any atom is -0.487 e. The maximum absolute atomic E-state index is 5.83. The summed E-state index contributed by atoms with van der Waals surface area (Å²) < 4.78 is 5.66. The number of nitrogens with two attached hydrogens (primary N) is 1. The highest BCUT2D eigenvalue weighted by Gasteiger charge is 2.01. The Balaban J connectivity index is 1.91. The fourth-order valence-electron chi connectivity index (χ4n) is 1.69. The molecule has 19 heavy (non-hydrogen) atoms. The van der Waals surface area contributed by atoms with Gasteiger partial charge in [-0.15, -0.1) is 0 Å². The van der Waals surface area contributed by atoms with Gasteiger partial charge in [-0.1, -0.05) is 23.7 Å². The molecule has 4 heteroatoms. The lowest BCUT2D eigenvalue weighted by Gasteiger charge is -2.08. The Kier molecular flexibility index (Phi) is 4.77. The van der Waals surface area contributed by atoms with E-state index in [1.165, 1.54) is 0 Å². The van der Waals surface area contributed by atoms with Gasteiger partial charge in [0, 0.05) is 23.2 Å². The molecule has 100 valence electrons. The van der Waals surface area contributed by atoms with Crippen molar-refractivity contribution in [1.82, 2.24) is 4.98 Å². The molecule has 0 aliphatic heterocycles. The Morgan fingerprint density at radius 2 is 1.95 bits per heavy atom. The highest BCUT2D eigenvalue weighted by atomic mass is 35.5. The first-order valence-electron chi connectivity index (χ1n) is 6.21. The van der Waals surface area contributed by atoms with Gasteiger partial charge < -0.3 is 10.5 Å². The molecule has 0 saturated carbocycles. The number of hydrogen-bond donors (Lipinski definition) is 1. The molecular weight excluding hydrogens is 260 g/mol. The minimum absolute atomic E-state index is 0.119. The zero-order valence-corrected chi connectivity index (χ0v) is 11.6. The van der Waals surface area contributed by atoms with Crippen LogP contribution in [0.25, 0.3) is 0 Å². The number of pyridine rings is 1. The molecule has 0 saturated heterocycles. The van der Waals surface area contributed by atoms with Crippen LogP contribution in [0.4, 0.5) is 0 Å². The molecule has 1 atom stereocenters. The first-order valence-corrected chi connectivity index (χ1v) is 6.59. The Morgan fingerprint density at radius 3 is 2.53 bits per heavy atom. The summed E-state index contributed by atoms with van der Waals surface area (Å²) >= 11 is 5.83. The topological polar surface area (TPSA) is 48.1 Å². The van der Waals surface area contributed by atoms with Crippen molar-refractivity contribution in [2.24, 2.45) is 5.73 Å². The molecule has 2 rings (SSSR count). The molecule has 0 amide bonds. The highest BCUT2D eigenvalue weighted by molar-refractivity contribution is 6.30. The molecule has 0 bridgehead atoms. The van der Waals surface area contributed by atoms with Crippen LogP contribution in [0, 0.1) is 0 Å². The standard InChI is InChI=1S/C15H17ClN2O/c1-11(17)8-14-6-7-15(9-18-14)19-10-12-2-4-13(16)5-3-12/h2-7,9,11H,8,10,17H2,1H3. The van der Waals surface area contributed by atoms with E-state index < -0.39 is 0 Å². The largest absolute Gasteiger partial charge is 0.487 e. The van der Waals surface area contributed by atoms with Gasteiger partial charge in [-0.2, -0.15) is 0 Å². The van der Waals surface area contributed by atoms with Crippen LogP contribution in [0.3, 0.4) is 0 Å². The van der Waals surface area contributed by atoms with Crippen molar-refractivity contribution in [3.8, 4) is 5.75 Å². The van der Waals surface area contributed by atoms with Gasteiger partial charge in [0.25, 0.3) is 0 Å². The van der Waals surface area contributed by atoms with Crippen molar-refractivity contribution < 1.29 is 4.74 Å². The maximum atomic E-state index is 5.83. The highest BCUT2D eigenvalue weighted by Crippen LogP contribution is 2.14. The van der Waals surface area contributed by atoms with Crippen LogP contribution in [-0.2, 0) is 13.0 Å². The van der Waals surface area contributed by atoms with Gasteiger partial charge in [0.1, 0.15) is 12.4 Å². The predicted octanol–water partition coefficient (Wildman–Crippen LogP) is 3.20. The molecule has 0 fully saturated rings. The first kappa shape index (κ1) is 13.8. The molecule has 0 radical (unpaired) electrons. The Morgan fingerprint density at radius 1 is 1.21 bits per heavy atom. The van der Waals surface area contributed by atoms with E-state index in [1.54, 1.807) is 6.20 Å². The second kappa shape index (κ2) is 6.55. The van der Waals surface area contributed by atoms with E-state index in [1.807, 2.05) is 43.3 Å². The molecule has 1 aromatic carbocycles. The van der Waals surface area contributed by atoms with Gasteiger partial charge in [0.2, 0.25) is 0 Å². The van der Waals surface area contributed by atoms with Crippen LogP contribution in [0.2, 0.25) is 5.02 Å². The molecule has 2 N–H and O–H groups in total. The summed E-state index contributed by atoms with van der Waals surface area (Å²) in [6.07, 6.45) is 2.51. The molecule has 0 spiro atoms. The van der Waals surface area contributed by atoms with Crippen molar-refractivity contribution in [3.63, 3.8) is 0 Å². The Bertz CT molecular complexity index is 509. The number of aromatic nitrogens is 1. The van der Waals surface area contributed by atoms with Gasteiger partial charge in [-0.3, -0.25) is 4.98 Å². The third-order valence-electron chi connectivity index (χ3n) is 2.65. The zero-order valence-electron chi connectivity index (χ0n) is 10.8. The van der Waals surface area contributed by atoms with Crippen molar-refractivity contribution in [2.45, 2.75) is 26.0 Å². The van der Waals surface area contributed by atoms with Crippen LogP contribution in [0.15, 0.2) is 42.6 Å². The molecule has 0 aliphatic rings. The summed E-state index contributed by atoms with van der Waals surface area (Å²) in [5.74, 6) is 0.753. The summed E-state index contributed by atoms with van der Waals surface area (Å²) in [7, 11) is 0. The van der Waals surface area contributed by atoms with E-state index in [-0.39, 0.29) is 6.04 Å². The SMILES string of the molecule is CC(N)Cc1ccc(OCc2ccc(Cl)cc2)cn1. The van der Waals surface area contributed by atoms with E-state index in [9.17, 15) is 0 Å². The van der Waals surface area contributed by atoms with Crippen LogP contribution in [0.5, 0.6) is 5.75 Å². The average Bonchev–Trinajstić information content (AvgIpc) is 2.39. The molecular formula is C15H17ClN2O. The predicted molar refractivity (Wildman–Crippen MR) is 77.4 cm³/mol. The number of halogens is 1. The van der Waals surface area contributed by atoms with Gasteiger partial charge in [-0.25, -0.2) is 0 Å². The van der Waals surface area contributed by atoms with Gasteiger partial charge in [-0.05, 0) is 36.8 Å². The van der Waals surface area contributed by atoms with Crippen molar-refractivity contribution in [2.75, 3.05) is 0 Å². The second-order valence-electron chi connectivity index (χ2n) is 4.58. The van der Waals surface area contributed by atoms with Crippen LogP contribution >= 0.6 is 11.6 Å². The lowest BCUT2D eigenvalue weighted by Crippen LogP contribution is -2.18. The van der Waals surface area contributed by atoms with Crippen molar-refractivity contribution in [1.29, 1.82) is 0 Å². The minimum atomic E-state index is 0.119. The van der Waals surface area contributed by atoms with E-state index in [2.05, 4.69) is 4.98 Å². The van der Waals surface area contributed by atoms with Crippen LogP contribution in [-0.4, -0.2) is 11.0 Å². The van der Waals surface area contributed by atoms with E-state index >= 15 is 0 Å². The fourth-order valence-corrected chi connectivity index (χ4v) is 1.82. The van der Waals surface area contributed by atoms with E-state index in [4.69, 9.17) is 22.1 Å². The number of ether oxygens (including phenoxy) is 1. The number of nitrogens with zero attached hydrogens (tertiary/aromatic N) is 1. The molecule has 3 nitrogen and oxygen atoms in total. The summed E-state index contributed by atoms with van der Waals surface area (Å²) in [5.41, 5.74) is 7.78. The van der Waals surface area contributed by atoms with E-state index in [0.717, 1.165) is 28.5 Å². The smallest absolute Gasteiger partial charge is 0.138 e. The Hall–Kier alpha value is -1.58. The third kappa shape index (κ3) is 4.54. The molecule has 2 aromatic rings. The lowest BCUT2D eigenvalue weighted by molar-refractivity contribution is 0.305. The fraction of sp³-hybridized carbons (Fsp3) is 0.267. The number of benzene rings is 1. The van der Waals surface area contributed by atoms with Gasteiger partial charge >= 0.3 is 0 Å². The molecule has 0 aliphatic carbocycles. The molecule has 1 unspecified atom stereocenters. The second-order valence-corrected chi connectivity index (χ2v) is 5.02. The quantitative estimate of drug-likeness (QED) is 0.912. The number of rotatable bonds is 5. The summed E-state index contributed by atoms with van der Waals surface area (Å²) in [6.45, 7) is 2.47. The van der Waals surface area contributed by atoms with Gasteiger partial charge in [0.05, 0.1) is 6.20 Å². The summed E-state index contributed by atoms with van der Waals surface area (Å²) in [5, 5.41) is 0.727. The number of hydrogen-bond acceptors (Lipinski definition) is 3.